The maximum absolute atomic E-state index is 13.8. The molecule has 11 nitrogen and oxygen atoms in total. The normalized spacial score (nSPS) is 17.3. The fourth-order valence-electron chi connectivity index (χ4n) is 6.06. The average Bonchev–Trinajstić information content (AvgIpc) is 3.48. The van der Waals surface area contributed by atoms with Crippen molar-refractivity contribution in [3.05, 3.63) is 94.5 Å². The van der Waals surface area contributed by atoms with Crippen molar-refractivity contribution in [1.29, 1.82) is 0 Å². The maximum atomic E-state index is 13.8. The molecule has 1 fully saturated rings. The Morgan fingerprint density at radius 3 is 2.09 bits per heavy atom. The van der Waals surface area contributed by atoms with Crippen LogP contribution in [-0.2, 0) is 59.9 Å². The minimum atomic E-state index is -3.88. The molecule has 0 N–H and O–H groups in total. The Balaban J connectivity index is 1.12. The fourth-order valence-corrected chi connectivity index (χ4v) is 8.85. The number of hydrogen-bond acceptors (Lipinski definition) is 9. The highest BCUT2D eigenvalue weighted by atomic mass is 32.2. The van der Waals surface area contributed by atoms with Crippen LogP contribution in [0.5, 0.6) is 5.75 Å². The summed E-state index contributed by atoms with van der Waals surface area (Å²) in [5.74, 6) is 0.122. The first-order chi connectivity index (χ1) is 25.9. The number of sulfonamides is 1. The summed E-state index contributed by atoms with van der Waals surface area (Å²) in [6.45, 7) is 20.3. The molecule has 5 rings (SSSR count). The quantitative estimate of drug-likeness (QED) is 0.0631. The van der Waals surface area contributed by atoms with E-state index in [-0.39, 0.29) is 37.2 Å². The van der Waals surface area contributed by atoms with Crippen LogP contribution in [-0.4, -0.2) is 85.4 Å². The van der Waals surface area contributed by atoms with Gasteiger partial charge < -0.3 is 33.3 Å². The summed E-state index contributed by atoms with van der Waals surface area (Å²) in [5, 5.41) is 0. The summed E-state index contributed by atoms with van der Waals surface area (Å²) < 4.78 is 64.2. The van der Waals surface area contributed by atoms with E-state index < -0.39 is 32.0 Å². The SMILES string of the molecule is CC1(C)OCc2cc(C3CN(CCc4cccc(COCc5cccc(S(=O)(=O)N(COCC[Si](C)(C)C)COCC[Si](C)(C)C)c5)c4)C(=O)O3)ccc2O1. The third-order valence-corrected chi connectivity index (χ3v) is 14.6. The van der Waals surface area contributed by atoms with Crippen molar-refractivity contribution < 1.29 is 41.6 Å². The Hall–Kier alpha value is -3.09. The molecule has 3 aromatic rings. The number of ether oxygens (including phenoxy) is 6. The Kier molecular flexibility index (Phi) is 14.4. The van der Waals surface area contributed by atoms with Gasteiger partial charge >= 0.3 is 6.09 Å². The highest BCUT2D eigenvalue weighted by Crippen LogP contribution is 2.35. The van der Waals surface area contributed by atoms with E-state index in [1.54, 1.807) is 23.1 Å². The van der Waals surface area contributed by atoms with Gasteiger partial charge in [0.2, 0.25) is 15.8 Å². The molecule has 0 saturated carbocycles. The third kappa shape index (κ3) is 13.2. The summed E-state index contributed by atoms with van der Waals surface area (Å²) in [6, 6.07) is 22.7. The van der Waals surface area contributed by atoms with E-state index >= 15 is 0 Å². The zero-order valence-corrected chi connectivity index (χ0v) is 36.7. The van der Waals surface area contributed by atoms with Crippen molar-refractivity contribution in [1.82, 2.24) is 9.21 Å². The molecule has 0 aliphatic carbocycles. The summed E-state index contributed by atoms with van der Waals surface area (Å²) in [5.41, 5.74) is 4.68. The van der Waals surface area contributed by atoms with Crippen molar-refractivity contribution in [2.75, 3.05) is 39.8 Å². The maximum Gasteiger partial charge on any atom is 0.410 e. The average molecular weight is 813 g/mol. The van der Waals surface area contributed by atoms with Crippen molar-refractivity contribution in [2.24, 2.45) is 0 Å². The monoisotopic (exact) mass is 812 g/mol. The number of nitrogens with zero attached hydrogens (tertiary/aromatic N) is 2. The van der Waals surface area contributed by atoms with Gasteiger partial charge in [0.25, 0.3) is 0 Å². The smallest absolute Gasteiger partial charge is 0.410 e. The Morgan fingerprint density at radius 1 is 0.818 bits per heavy atom. The Bertz CT molecular complexity index is 1840. The molecule has 0 spiro atoms. The van der Waals surface area contributed by atoms with Crippen LogP contribution >= 0.6 is 0 Å². The first kappa shape index (κ1) is 43.0. The van der Waals surface area contributed by atoms with Crippen molar-refractivity contribution in [3.8, 4) is 5.75 Å². The van der Waals surface area contributed by atoms with Crippen molar-refractivity contribution in [2.45, 2.75) is 108 Å². The van der Waals surface area contributed by atoms with Crippen molar-refractivity contribution in [3.63, 3.8) is 0 Å². The zero-order chi connectivity index (χ0) is 39.9. The van der Waals surface area contributed by atoms with Crippen molar-refractivity contribution >= 4 is 32.3 Å². The number of carbonyl (C=O) groups is 1. The van der Waals surface area contributed by atoms with Gasteiger partial charge in [0.15, 0.2) is 0 Å². The zero-order valence-electron chi connectivity index (χ0n) is 33.9. The molecule has 0 bridgehead atoms. The molecule has 0 aromatic heterocycles. The van der Waals surface area contributed by atoms with Gasteiger partial charge in [0.05, 0.1) is 31.3 Å². The number of amides is 1. The molecule has 1 unspecified atom stereocenters. The standard InChI is InChI=1S/C41H60N2O9SSi2/c1-41(2)50-29-36-25-35(15-16-38(36)52-41)39-26-42(40(44)51-39)18-17-32-11-9-12-33(23-32)27-49-28-34-13-10-14-37(24-34)53(45,46)43(30-47-19-21-54(3,4)5)31-48-20-22-55(6,7)8/h9-16,23-25,39H,17-22,26-31H2,1-8H3. The molecule has 14 heteroatoms. The summed E-state index contributed by atoms with van der Waals surface area (Å²) >= 11 is 0. The van der Waals surface area contributed by atoms with Gasteiger partial charge in [-0.2, -0.15) is 0 Å². The van der Waals surface area contributed by atoms with E-state index in [2.05, 4.69) is 45.3 Å². The molecule has 1 atom stereocenters. The highest BCUT2D eigenvalue weighted by Gasteiger charge is 2.34. The van der Waals surface area contributed by atoms with Gasteiger partial charge in [0.1, 0.15) is 25.3 Å². The minimum absolute atomic E-state index is 0.0601. The molecule has 1 amide bonds. The lowest BCUT2D eigenvalue weighted by molar-refractivity contribution is -0.180. The van der Waals surface area contributed by atoms with Crippen LogP contribution in [0.25, 0.3) is 0 Å². The molecular formula is C41H60N2O9SSi2. The van der Waals surface area contributed by atoms with E-state index in [0.29, 0.717) is 45.9 Å². The van der Waals surface area contributed by atoms with Crippen LogP contribution in [0.15, 0.2) is 71.6 Å². The second-order valence-corrected chi connectivity index (χ2v) is 30.5. The predicted octanol–water partition coefficient (Wildman–Crippen LogP) is 8.40. The molecule has 0 radical (unpaired) electrons. The molecular weight excluding hydrogens is 753 g/mol. The molecule has 302 valence electrons. The second kappa shape index (κ2) is 18.5. The van der Waals surface area contributed by atoms with E-state index in [4.69, 9.17) is 28.4 Å². The van der Waals surface area contributed by atoms with Crippen LogP contribution in [0.4, 0.5) is 4.79 Å². The van der Waals surface area contributed by atoms with Gasteiger partial charge in [0, 0.05) is 55.3 Å². The number of rotatable bonds is 20. The molecule has 3 aromatic carbocycles. The first-order valence-electron chi connectivity index (χ1n) is 19.2. The number of carbonyl (C=O) groups excluding carboxylic acids is 1. The van der Waals surface area contributed by atoms with E-state index in [9.17, 15) is 13.2 Å². The Morgan fingerprint density at radius 2 is 1.44 bits per heavy atom. The molecule has 2 aliphatic rings. The minimum Gasteiger partial charge on any atom is -0.463 e. The summed E-state index contributed by atoms with van der Waals surface area (Å²) in [6.07, 6.45) is -0.0193. The van der Waals surface area contributed by atoms with Gasteiger partial charge in [-0.1, -0.05) is 81.7 Å². The third-order valence-electron chi connectivity index (χ3n) is 9.47. The van der Waals surface area contributed by atoms with Crippen LogP contribution in [0.1, 0.15) is 47.8 Å². The lowest BCUT2D eigenvalue weighted by atomic mass is 10.0. The Labute approximate surface area is 330 Å². The highest BCUT2D eigenvalue weighted by molar-refractivity contribution is 7.89. The lowest BCUT2D eigenvalue weighted by Gasteiger charge is -2.32. The van der Waals surface area contributed by atoms with Gasteiger partial charge in [-0.3, -0.25) is 0 Å². The summed E-state index contributed by atoms with van der Waals surface area (Å²) in [7, 11) is -6.54. The van der Waals surface area contributed by atoms with E-state index in [1.807, 2.05) is 56.3 Å². The van der Waals surface area contributed by atoms with Gasteiger partial charge in [-0.05, 0) is 65.0 Å². The molecule has 2 aliphatic heterocycles. The lowest BCUT2D eigenvalue weighted by Crippen LogP contribution is -2.36. The second-order valence-electron chi connectivity index (χ2n) is 17.3. The van der Waals surface area contributed by atoms with Gasteiger partial charge in [-0.15, -0.1) is 4.31 Å². The first-order valence-corrected chi connectivity index (χ1v) is 28.0. The van der Waals surface area contributed by atoms with E-state index in [1.165, 1.54) is 4.31 Å². The number of benzene rings is 3. The van der Waals surface area contributed by atoms with Crippen LogP contribution in [0, 0.1) is 0 Å². The van der Waals surface area contributed by atoms with Crippen LogP contribution in [0.3, 0.4) is 0 Å². The number of hydrogen-bond donors (Lipinski definition) is 0. The van der Waals surface area contributed by atoms with Gasteiger partial charge in [-0.25, -0.2) is 13.2 Å². The molecule has 1 saturated heterocycles. The predicted molar refractivity (Wildman–Crippen MR) is 219 cm³/mol. The van der Waals surface area contributed by atoms with Crippen LogP contribution in [0.2, 0.25) is 51.4 Å². The molecule has 55 heavy (non-hydrogen) atoms. The summed E-state index contributed by atoms with van der Waals surface area (Å²) in [4.78, 5) is 14.7. The largest absolute Gasteiger partial charge is 0.463 e. The van der Waals surface area contributed by atoms with E-state index in [0.717, 1.165) is 45.7 Å². The molecule has 2 heterocycles. The fraction of sp³-hybridized carbons (Fsp3) is 0.537. The number of cyclic esters (lactones) is 1. The number of fused-ring (bicyclic) bond motifs is 1. The van der Waals surface area contributed by atoms with Crippen LogP contribution < -0.4 is 4.74 Å². The topological polar surface area (TPSA) is 113 Å².